The fraction of sp³-hybridized carbons (Fsp3) is 0.667. The number of amides is 2. The van der Waals surface area contributed by atoms with Crippen molar-refractivity contribution in [2.75, 3.05) is 13.1 Å². The van der Waals surface area contributed by atoms with E-state index in [1.165, 1.54) is 31.5 Å². The highest BCUT2D eigenvalue weighted by Crippen LogP contribution is 2.43. The number of aromatic nitrogens is 2. The van der Waals surface area contributed by atoms with Gasteiger partial charge in [-0.15, -0.1) is 11.3 Å². The number of rotatable bonds is 7. The van der Waals surface area contributed by atoms with Gasteiger partial charge in [0.15, 0.2) is 5.13 Å². The van der Waals surface area contributed by atoms with E-state index in [0.717, 1.165) is 66.5 Å². The lowest BCUT2D eigenvalue weighted by atomic mass is 9.95. The van der Waals surface area contributed by atoms with Crippen LogP contribution in [-0.2, 0) is 22.6 Å². The smallest absolute Gasteiger partial charge is 0.225 e. The molecule has 2 aromatic rings. The minimum absolute atomic E-state index is 0.00934. The molecule has 0 aromatic carbocycles. The van der Waals surface area contributed by atoms with Gasteiger partial charge in [-0.25, -0.2) is 4.98 Å². The normalized spacial score (nSPS) is 24.7. The lowest BCUT2D eigenvalue weighted by molar-refractivity contribution is -0.135. The van der Waals surface area contributed by atoms with Crippen molar-refractivity contribution in [3.05, 3.63) is 39.4 Å². The largest absolute Gasteiger partial charge is 0.349 e. The van der Waals surface area contributed by atoms with Crippen LogP contribution in [0, 0.1) is 18.0 Å². The molecular formula is C27H38FN5O2S. The molecule has 3 aliphatic heterocycles. The molecule has 3 aliphatic rings. The second-order valence-corrected chi connectivity index (χ2v) is 12.1. The first-order valence-electron chi connectivity index (χ1n) is 13.3. The van der Waals surface area contributed by atoms with Crippen LogP contribution in [0.3, 0.4) is 0 Å². The molecule has 0 spiro atoms. The molecule has 2 fully saturated rings. The zero-order chi connectivity index (χ0) is 25.6. The average Bonchev–Trinajstić information content (AvgIpc) is 3.47. The maximum absolute atomic E-state index is 13.7. The van der Waals surface area contributed by atoms with Crippen molar-refractivity contribution in [1.29, 1.82) is 0 Å². The third kappa shape index (κ3) is 4.96. The molecule has 3 atom stereocenters. The highest BCUT2D eigenvalue weighted by Gasteiger charge is 2.42. The number of hydrogen-bond donors (Lipinski definition) is 1. The molecule has 5 rings (SSSR count). The second-order valence-electron chi connectivity index (χ2n) is 11.0. The van der Waals surface area contributed by atoms with Crippen LogP contribution < -0.4 is 5.32 Å². The quantitative estimate of drug-likeness (QED) is 0.595. The Bertz CT molecular complexity index is 1110. The summed E-state index contributed by atoms with van der Waals surface area (Å²) in [6, 6.07) is 4.53. The van der Waals surface area contributed by atoms with E-state index >= 15 is 0 Å². The molecule has 1 N–H and O–H groups in total. The summed E-state index contributed by atoms with van der Waals surface area (Å²) in [5.41, 5.74) is 2.40. The van der Waals surface area contributed by atoms with Crippen molar-refractivity contribution in [2.24, 2.45) is 5.92 Å². The minimum atomic E-state index is -0.214. The van der Waals surface area contributed by atoms with Gasteiger partial charge in [-0.2, -0.15) is 4.39 Å². The molecular weight excluding hydrogens is 477 g/mol. The molecule has 0 radical (unpaired) electrons. The Morgan fingerprint density at radius 3 is 2.53 bits per heavy atom. The Morgan fingerprint density at radius 1 is 1.19 bits per heavy atom. The third-order valence-electron chi connectivity index (χ3n) is 8.25. The van der Waals surface area contributed by atoms with Crippen molar-refractivity contribution in [1.82, 2.24) is 24.7 Å². The Balaban J connectivity index is 1.28. The number of carbonyl (C=O) groups is 2. The molecule has 2 amide bonds. The maximum Gasteiger partial charge on any atom is 0.225 e. The molecule has 2 saturated heterocycles. The first kappa shape index (κ1) is 25.4. The second kappa shape index (κ2) is 10.2. The molecule has 2 aromatic heterocycles. The number of fused-ring (bicyclic) bond motifs is 3. The minimum Gasteiger partial charge on any atom is -0.349 e. The molecule has 0 aliphatic carbocycles. The summed E-state index contributed by atoms with van der Waals surface area (Å²) in [5, 5.41) is 2.81. The monoisotopic (exact) mass is 515 g/mol. The number of carbonyl (C=O) groups excluding carboxylic acids is 2. The van der Waals surface area contributed by atoms with Gasteiger partial charge >= 0.3 is 0 Å². The van der Waals surface area contributed by atoms with Crippen LogP contribution in [0.5, 0.6) is 0 Å². The van der Waals surface area contributed by atoms with E-state index in [1.54, 1.807) is 6.07 Å². The van der Waals surface area contributed by atoms with E-state index in [0.29, 0.717) is 24.7 Å². The summed E-state index contributed by atoms with van der Waals surface area (Å²) in [7, 11) is 0. The number of nitrogens with zero attached hydrogens (tertiary/aromatic N) is 4. The lowest BCUT2D eigenvalue weighted by Crippen LogP contribution is -2.45. The summed E-state index contributed by atoms with van der Waals surface area (Å²) in [4.78, 5) is 34.9. The van der Waals surface area contributed by atoms with Gasteiger partial charge in [0.05, 0.1) is 24.0 Å². The van der Waals surface area contributed by atoms with Gasteiger partial charge in [0.25, 0.3) is 0 Å². The number of aryl methyl sites for hydroxylation is 1. The fourth-order valence-corrected chi connectivity index (χ4v) is 7.52. The van der Waals surface area contributed by atoms with Gasteiger partial charge in [-0.1, -0.05) is 13.8 Å². The van der Waals surface area contributed by atoms with Crippen LogP contribution in [0.4, 0.5) is 4.39 Å². The van der Waals surface area contributed by atoms with Gasteiger partial charge in [0, 0.05) is 55.4 Å². The summed E-state index contributed by atoms with van der Waals surface area (Å²) in [5.74, 6) is 1.22. The average molecular weight is 516 g/mol. The fourth-order valence-electron chi connectivity index (χ4n) is 6.70. The van der Waals surface area contributed by atoms with Gasteiger partial charge in [-0.3, -0.25) is 14.5 Å². The standard InChI is InChI=1S/C27H38FN5O2S/c1-16(2)27(35)31-11-9-22-24(15-31)33(17(3)29-22)21-13-19-5-6-20(14-21)32(19)12-10-23(30-18(4)34)25-7-8-26(28)36-25/h7-8,16,19-21,23H,5-6,9-15H2,1-4H3,(H,30,34)/t19?,20?,21?,23-/m0/s1. The van der Waals surface area contributed by atoms with Crippen molar-refractivity contribution in [3.63, 3.8) is 0 Å². The Morgan fingerprint density at radius 2 is 1.92 bits per heavy atom. The van der Waals surface area contributed by atoms with Crippen molar-refractivity contribution in [2.45, 2.75) is 96.9 Å². The van der Waals surface area contributed by atoms with Crippen molar-refractivity contribution < 1.29 is 14.0 Å². The van der Waals surface area contributed by atoms with E-state index in [4.69, 9.17) is 4.98 Å². The van der Waals surface area contributed by atoms with Crippen molar-refractivity contribution >= 4 is 23.2 Å². The van der Waals surface area contributed by atoms with Gasteiger partial charge < -0.3 is 14.8 Å². The highest BCUT2D eigenvalue weighted by atomic mass is 32.1. The predicted molar refractivity (Wildman–Crippen MR) is 138 cm³/mol. The van der Waals surface area contributed by atoms with E-state index in [-0.39, 0.29) is 28.9 Å². The van der Waals surface area contributed by atoms with Crippen molar-refractivity contribution in [3.8, 4) is 0 Å². The number of imidazole rings is 1. The van der Waals surface area contributed by atoms with Crippen LogP contribution in [0.15, 0.2) is 12.1 Å². The molecule has 0 saturated carbocycles. The zero-order valence-corrected chi connectivity index (χ0v) is 22.6. The maximum atomic E-state index is 13.7. The van der Waals surface area contributed by atoms with E-state index < -0.39 is 0 Å². The molecule has 9 heteroatoms. The summed E-state index contributed by atoms with van der Waals surface area (Å²) >= 11 is 1.12. The first-order chi connectivity index (χ1) is 17.2. The van der Waals surface area contributed by atoms with E-state index in [1.807, 2.05) is 18.7 Å². The van der Waals surface area contributed by atoms with Crippen LogP contribution in [0.2, 0.25) is 0 Å². The van der Waals surface area contributed by atoms with E-state index in [2.05, 4.69) is 21.7 Å². The summed E-state index contributed by atoms with van der Waals surface area (Å²) < 4.78 is 16.1. The molecule has 36 heavy (non-hydrogen) atoms. The van der Waals surface area contributed by atoms with Gasteiger partial charge in [0.2, 0.25) is 11.8 Å². The number of hydrogen-bond acceptors (Lipinski definition) is 5. The van der Waals surface area contributed by atoms with Crippen LogP contribution in [0.25, 0.3) is 0 Å². The van der Waals surface area contributed by atoms with Crippen LogP contribution in [0.1, 0.15) is 87.0 Å². The molecule has 2 unspecified atom stereocenters. The number of nitrogens with one attached hydrogen (secondary N) is 1. The number of piperidine rings is 1. The summed E-state index contributed by atoms with van der Waals surface area (Å²) in [6.45, 7) is 9.89. The lowest BCUT2D eigenvalue weighted by Gasteiger charge is -2.41. The Hall–Kier alpha value is -2.26. The topological polar surface area (TPSA) is 70.5 Å². The SMILES string of the molecule is CC(=O)N[C@@H](CCN1C2CCC1CC(n1c(C)nc3c1CN(C(=O)C(C)C)CC3)C2)c1ccc(F)s1. The van der Waals surface area contributed by atoms with Gasteiger partial charge in [-0.05, 0) is 51.2 Å². The first-order valence-corrected chi connectivity index (χ1v) is 14.2. The molecule has 5 heterocycles. The van der Waals surface area contributed by atoms with Crippen LogP contribution >= 0.6 is 11.3 Å². The number of halogens is 1. The zero-order valence-electron chi connectivity index (χ0n) is 21.8. The number of thiophene rings is 1. The predicted octanol–water partition coefficient (Wildman–Crippen LogP) is 4.37. The molecule has 2 bridgehead atoms. The Kier molecular flexibility index (Phi) is 7.23. The third-order valence-corrected chi connectivity index (χ3v) is 9.24. The highest BCUT2D eigenvalue weighted by molar-refractivity contribution is 7.10. The van der Waals surface area contributed by atoms with Crippen LogP contribution in [-0.4, -0.2) is 56.3 Å². The molecule has 196 valence electrons. The Labute approximate surface area is 217 Å². The summed E-state index contributed by atoms with van der Waals surface area (Å²) in [6.07, 6.45) is 6.15. The molecule has 7 nitrogen and oxygen atoms in total. The van der Waals surface area contributed by atoms with E-state index in [9.17, 15) is 14.0 Å². The van der Waals surface area contributed by atoms with Gasteiger partial charge in [0.1, 0.15) is 5.82 Å².